The Morgan fingerprint density at radius 1 is 0.971 bits per heavy atom. The molecular weight excluding hydrogens is 445 g/mol. The number of carbonyl (C=O) groups is 1. The number of aryl methyl sites for hydroxylation is 1. The van der Waals surface area contributed by atoms with Gasteiger partial charge in [-0.1, -0.05) is 49.7 Å². The zero-order valence-corrected chi connectivity index (χ0v) is 19.1. The molecule has 34 heavy (non-hydrogen) atoms. The Hall–Kier alpha value is -3.48. The standard InChI is InChI=1S/C27H27F3O4/c1-3-4-5-25(34-23-14-15-24(18(2)16-23)33-17-26(31)32)21-8-6-19(7-9-21)20-10-12-22(13-11-20)27(28,29)30/h6-16,25H,3-5,17H2,1-2H3,(H,31,32). The first kappa shape index (κ1) is 25.1. The molecule has 1 unspecified atom stereocenters. The smallest absolute Gasteiger partial charge is 0.416 e. The number of rotatable bonds is 10. The lowest BCUT2D eigenvalue weighted by Gasteiger charge is -2.21. The molecule has 3 aromatic carbocycles. The highest BCUT2D eigenvalue weighted by Crippen LogP contribution is 2.33. The third kappa shape index (κ3) is 6.76. The zero-order chi connectivity index (χ0) is 24.7. The minimum Gasteiger partial charge on any atom is -0.486 e. The first-order valence-corrected chi connectivity index (χ1v) is 11.1. The Morgan fingerprint density at radius 3 is 2.12 bits per heavy atom. The van der Waals surface area contributed by atoms with Crippen molar-refractivity contribution in [1.29, 1.82) is 0 Å². The third-order valence-corrected chi connectivity index (χ3v) is 5.42. The molecule has 1 N–H and O–H groups in total. The zero-order valence-electron chi connectivity index (χ0n) is 19.1. The maximum absolute atomic E-state index is 12.8. The quantitative estimate of drug-likeness (QED) is 0.333. The molecule has 0 fully saturated rings. The average Bonchev–Trinajstić information content (AvgIpc) is 2.81. The van der Waals surface area contributed by atoms with Gasteiger partial charge in [0.1, 0.15) is 17.6 Å². The molecule has 0 radical (unpaired) electrons. The summed E-state index contributed by atoms with van der Waals surface area (Å²) in [6.07, 6.45) is -1.79. The molecule has 0 heterocycles. The van der Waals surface area contributed by atoms with Crippen molar-refractivity contribution in [1.82, 2.24) is 0 Å². The van der Waals surface area contributed by atoms with E-state index in [9.17, 15) is 18.0 Å². The van der Waals surface area contributed by atoms with Crippen molar-refractivity contribution < 1.29 is 32.5 Å². The van der Waals surface area contributed by atoms with Crippen LogP contribution in [0.2, 0.25) is 0 Å². The number of carboxylic acid groups (broad SMARTS) is 1. The van der Waals surface area contributed by atoms with E-state index < -0.39 is 24.3 Å². The van der Waals surface area contributed by atoms with Crippen LogP contribution in [0.1, 0.15) is 49.0 Å². The van der Waals surface area contributed by atoms with Crippen LogP contribution in [0, 0.1) is 6.92 Å². The minimum atomic E-state index is -4.36. The van der Waals surface area contributed by atoms with Gasteiger partial charge in [-0.2, -0.15) is 13.2 Å². The molecule has 0 amide bonds. The summed E-state index contributed by atoms with van der Waals surface area (Å²) in [5, 5.41) is 8.79. The van der Waals surface area contributed by atoms with E-state index in [0.717, 1.165) is 48.1 Å². The van der Waals surface area contributed by atoms with Crippen LogP contribution in [0.15, 0.2) is 66.7 Å². The van der Waals surface area contributed by atoms with Crippen molar-refractivity contribution in [2.45, 2.75) is 45.4 Å². The lowest BCUT2D eigenvalue weighted by molar-refractivity contribution is -0.139. The predicted molar refractivity (Wildman–Crippen MR) is 124 cm³/mol. The average molecular weight is 473 g/mol. The summed E-state index contributed by atoms with van der Waals surface area (Å²) in [4.78, 5) is 10.7. The fourth-order valence-electron chi connectivity index (χ4n) is 3.59. The Bertz CT molecular complexity index is 1090. The number of benzene rings is 3. The van der Waals surface area contributed by atoms with Crippen LogP contribution >= 0.6 is 0 Å². The summed E-state index contributed by atoms with van der Waals surface area (Å²) >= 11 is 0. The van der Waals surface area contributed by atoms with Gasteiger partial charge in [-0.3, -0.25) is 0 Å². The molecule has 0 aromatic heterocycles. The van der Waals surface area contributed by atoms with Gasteiger partial charge in [-0.25, -0.2) is 4.79 Å². The van der Waals surface area contributed by atoms with Crippen molar-refractivity contribution in [3.63, 3.8) is 0 Å². The van der Waals surface area contributed by atoms with E-state index in [0.29, 0.717) is 17.1 Å². The first-order valence-electron chi connectivity index (χ1n) is 11.1. The summed E-state index contributed by atoms with van der Waals surface area (Å²) in [5.41, 5.74) is 2.59. The van der Waals surface area contributed by atoms with Crippen molar-refractivity contribution in [3.05, 3.63) is 83.4 Å². The molecule has 0 aliphatic rings. The molecule has 4 nitrogen and oxygen atoms in total. The highest BCUT2D eigenvalue weighted by molar-refractivity contribution is 5.68. The topological polar surface area (TPSA) is 55.8 Å². The second kappa shape index (κ2) is 11.1. The number of unbranched alkanes of at least 4 members (excludes halogenated alkanes) is 1. The molecule has 3 aromatic rings. The predicted octanol–water partition coefficient (Wildman–Crippen LogP) is 7.45. The van der Waals surface area contributed by atoms with Crippen LogP contribution in [0.3, 0.4) is 0 Å². The number of hydrogen-bond acceptors (Lipinski definition) is 3. The number of carboxylic acids is 1. The van der Waals surface area contributed by atoms with Gasteiger partial charge in [-0.15, -0.1) is 0 Å². The molecule has 0 spiro atoms. The Kier molecular flexibility index (Phi) is 8.21. The monoisotopic (exact) mass is 472 g/mol. The third-order valence-electron chi connectivity index (χ3n) is 5.42. The largest absolute Gasteiger partial charge is 0.486 e. The van der Waals surface area contributed by atoms with Gasteiger partial charge in [0.15, 0.2) is 6.61 Å². The summed E-state index contributed by atoms with van der Waals surface area (Å²) in [6, 6.07) is 18.0. The molecule has 0 saturated heterocycles. The van der Waals surface area contributed by atoms with E-state index in [4.69, 9.17) is 14.6 Å². The summed E-state index contributed by atoms with van der Waals surface area (Å²) < 4.78 is 50.0. The van der Waals surface area contributed by atoms with Crippen LogP contribution in [0.5, 0.6) is 11.5 Å². The molecule has 3 rings (SSSR count). The Balaban J connectivity index is 1.76. The SMILES string of the molecule is CCCCC(Oc1ccc(OCC(=O)O)c(C)c1)c1ccc(-c2ccc(C(F)(F)F)cc2)cc1. The molecule has 1 atom stereocenters. The van der Waals surface area contributed by atoms with Gasteiger partial charge in [0.2, 0.25) is 0 Å². The molecule has 180 valence electrons. The molecule has 0 bridgehead atoms. The van der Waals surface area contributed by atoms with Gasteiger partial charge < -0.3 is 14.6 Å². The van der Waals surface area contributed by atoms with Crippen molar-refractivity contribution in [2.75, 3.05) is 6.61 Å². The lowest BCUT2D eigenvalue weighted by atomic mass is 9.98. The highest BCUT2D eigenvalue weighted by Gasteiger charge is 2.30. The van der Waals surface area contributed by atoms with E-state index in [2.05, 4.69) is 6.92 Å². The lowest BCUT2D eigenvalue weighted by Crippen LogP contribution is -2.10. The highest BCUT2D eigenvalue weighted by atomic mass is 19.4. The van der Waals surface area contributed by atoms with Gasteiger partial charge >= 0.3 is 12.1 Å². The second-order valence-corrected chi connectivity index (χ2v) is 8.06. The van der Waals surface area contributed by atoms with E-state index >= 15 is 0 Å². The summed E-state index contributed by atoms with van der Waals surface area (Å²) in [6.45, 7) is 3.51. The molecule has 0 aliphatic heterocycles. The summed E-state index contributed by atoms with van der Waals surface area (Å²) in [5.74, 6) is 0.0907. The van der Waals surface area contributed by atoms with E-state index in [1.165, 1.54) is 12.1 Å². The summed E-state index contributed by atoms with van der Waals surface area (Å²) in [7, 11) is 0. The number of ether oxygens (including phenoxy) is 2. The van der Waals surface area contributed by atoms with E-state index in [1.54, 1.807) is 12.1 Å². The Morgan fingerprint density at radius 2 is 1.59 bits per heavy atom. The van der Waals surface area contributed by atoms with Crippen LogP contribution < -0.4 is 9.47 Å². The minimum absolute atomic E-state index is 0.202. The maximum atomic E-state index is 12.8. The van der Waals surface area contributed by atoms with E-state index in [-0.39, 0.29) is 6.10 Å². The van der Waals surface area contributed by atoms with Gasteiger partial charge in [0.25, 0.3) is 0 Å². The van der Waals surface area contributed by atoms with Crippen molar-refractivity contribution >= 4 is 5.97 Å². The van der Waals surface area contributed by atoms with Crippen LogP contribution in [0.4, 0.5) is 13.2 Å². The molecule has 0 saturated carbocycles. The number of aliphatic carboxylic acids is 1. The first-order chi connectivity index (χ1) is 16.2. The number of alkyl halides is 3. The molecule has 0 aliphatic carbocycles. The molecule has 7 heteroatoms. The van der Waals surface area contributed by atoms with E-state index in [1.807, 2.05) is 37.3 Å². The van der Waals surface area contributed by atoms with Gasteiger partial charge in [0.05, 0.1) is 5.56 Å². The van der Waals surface area contributed by atoms with Crippen LogP contribution in [-0.2, 0) is 11.0 Å². The van der Waals surface area contributed by atoms with Gasteiger partial charge in [0, 0.05) is 0 Å². The fraction of sp³-hybridized carbons (Fsp3) is 0.296. The normalized spacial score (nSPS) is 12.3. The second-order valence-electron chi connectivity index (χ2n) is 8.06. The van der Waals surface area contributed by atoms with Crippen molar-refractivity contribution in [2.24, 2.45) is 0 Å². The molecular formula is C27H27F3O4. The number of halogens is 3. The fourth-order valence-corrected chi connectivity index (χ4v) is 3.59. The van der Waals surface area contributed by atoms with Gasteiger partial charge in [-0.05, 0) is 72.4 Å². The number of hydrogen-bond donors (Lipinski definition) is 1. The maximum Gasteiger partial charge on any atom is 0.416 e. The van der Waals surface area contributed by atoms with Crippen LogP contribution in [0.25, 0.3) is 11.1 Å². The Labute approximate surface area is 197 Å². The van der Waals surface area contributed by atoms with Crippen molar-refractivity contribution in [3.8, 4) is 22.6 Å². The van der Waals surface area contributed by atoms with Crippen LogP contribution in [-0.4, -0.2) is 17.7 Å².